The molecule has 0 spiro atoms. The highest BCUT2D eigenvalue weighted by Gasteiger charge is 2.29. The largest absolute Gasteiger partial charge is 0.352 e. The monoisotopic (exact) mass is 339 g/mol. The summed E-state index contributed by atoms with van der Waals surface area (Å²) >= 11 is 0. The number of rotatable bonds is 6. The smallest absolute Gasteiger partial charge is 0.293 e. The van der Waals surface area contributed by atoms with Gasteiger partial charge in [0.05, 0.1) is 0 Å². The summed E-state index contributed by atoms with van der Waals surface area (Å²) in [6, 6.07) is 4.49. The van der Waals surface area contributed by atoms with Gasteiger partial charge < -0.3 is 14.4 Å². The number of hydrogen-bond acceptors (Lipinski definition) is 5. The zero-order valence-electron chi connectivity index (χ0n) is 14.7. The maximum absolute atomic E-state index is 12.6. The molecule has 25 heavy (non-hydrogen) atoms. The maximum atomic E-state index is 12.6. The molecule has 0 unspecified atom stereocenters. The Labute approximate surface area is 148 Å². The van der Waals surface area contributed by atoms with Crippen molar-refractivity contribution in [2.75, 3.05) is 31.6 Å². The van der Waals surface area contributed by atoms with E-state index in [1.54, 1.807) is 12.4 Å². The zero-order chi connectivity index (χ0) is 17.2. The van der Waals surface area contributed by atoms with Crippen LogP contribution < -0.4 is 10.5 Å². The Hall–Kier alpha value is -2.21. The number of pyridine rings is 1. The topological polar surface area (TPSA) is 54.3 Å². The number of anilines is 1. The first kappa shape index (κ1) is 16.3. The first-order valence-electron chi connectivity index (χ1n) is 9.10. The van der Waals surface area contributed by atoms with E-state index in [1.165, 1.54) is 5.56 Å². The predicted molar refractivity (Wildman–Crippen MR) is 97.7 cm³/mol. The van der Waals surface area contributed by atoms with Gasteiger partial charge in [-0.25, -0.2) is 4.98 Å². The molecule has 2 fully saturated rings. The molecule has 4 rings (SSSR count). The summed E-state index contributed by atoms with van der Waals surface area (Å²) in [6.07, 6.45) is 10.7. The quantitative estimate of drug-likeness (QED) is 0.805. The molecule has 2 aromatic heterocycles. The van der Waals surface area contributed by atoms with Crippen LogP contribution in [0.25, 0.3) is 0 Å². The molecule has 6 nitrogen and oxygen atoms in total. The van der Waals surface area contributed by atoms with Crippen LogP contribution in [0.4, 0.5) is 5.82 Å². The molecular weight excluding hydrogens is 314 g/mol. The van der Waals surface area contributed by atoms with E-state index in [-0.39, 0.29) is 5.56 Å². The highest BCUT2D eigenvalue weighted by Crippen LogP contribution is 2.33. The van der Waals surface area contributed by atoms with Gasteiger partial charge in [-0.2, -0.15) is 0 Å². The van der Waals surface area contributed by atoms with Gasteiger partial charge in [0.2, 0.25) is 0 Å². The Balaban J connectivity index is 1.37. The third kappa shape index (κ3) is 3.74. The van der Waals surface area contributed by atoms with E-state index < -0.39 is 0 Å². The minimum atomic E-state index is 0.0781. The second kappa shape index (κ2) is 6.96. The Morgan fingerprint density at radius 2 is 2.16 bits per heavy atom. The van der Waals surface area contributed by atoms with E-state index in [0.717, 1.165) is 45.4 Å². The summed E-state index contributed by atoms with van der Waals surface area (Å²) in [7, 11) is 2.15. The fourth-order valence-corrected chi connectivity index (χ4v) is 3.75. The summed E-state index contributed by atoms with van der Waals surface area (Å²) in [5, 5.41) is 0. The molecule has 2 aliphatic rings. The standard InChI is InChI=1S/C19H25N5O/c1-22(12-15-3-2-7-20-11-15)13-16-6-9-23(14-16)18-19(25)24(10-8-21-18)17-4-5-17/h2-3,7-8,10-11,16-17H,4-6,9,12-14H2,1H3/t16-/m0/s1. The van der Waals surface area contributed by atoms with Crippen LogP contribution in [0.2, 0.25) is 0 Å². The summed E-state index contributed by atoms with van der Waals surface area (Å²) in [5.41, 5.74) is 1.31. The van der Waals surface area contributed by atoms with Gasteiger partial charge in [0.25, 0.3) is 5.56 Å². The highest BCUT2D eigenvalue weighted by atomic mass is 16.1. The van der Waals surface area contributed by atoms with Gasteiger partial charge in [0.15, 0.2) is 5.82 Å². The number of nitrogens with zero attached hydrogens (tertiary/aromatic N) is 5. The van der Waals surface area contributed by atoms with Crippen LogP contribution in [0.5, 0.6) is 0 Å². The lowest BCUT2D eigenvalue weighted by molar-refractivity contribution is 0.279. The molecule has 2 aromatic rings. The fraction of sp³-hybridized carbons (Fsp3) is 0.526. The van der Waals surface area contributed by atoms with Crippen molar-refractivity contribution in [1.29, 1.82) is 0 Å². The van der Waals surface area contributed by atoms with Crippen LogP contribution in [-0.2, 0) is 6.54 Å². The van der Waals surface area contributed by atoms with Gasteiger partial charge in [-0.05, 0) is 43.9 Å². The summed E-state index contributed by atoms with van der Waals surface area (Å²) in [5.74, 6) is 1.20. The first-order valence-corrected chi connectivity index (χ1v) is 9.10. The van der Waals surface area contributed by atoms with E-state index in [4.69, 9.17) is 0 Å². The van der Waals surface area contributed by atoms with Crippen LogP contribution in [0.1, 0.15) is 30.9 Å². The Morgan fingerprint density at radius 1 is 1.28 bits per heavy atom. The van der Waals surface area contributed by atoms with Crippen molar-refractivity contribution in [2.45, 2.75) is 31.8 Å². The molecule has 1 aliphatic heterocycles. The van der Waals surface area contributed by atoms with Crippen molar-refractivity contribution in [3.05, 3.63) is 52.8 Å². The van der Waals surface area contributed by atoms with Crippen molar-refractivity contribution >= 4 is 5.82 Å². The summed E-state index contributed by atoms with van der Waals surface area (Å²) < 4.78 is 1.87. The lowest BCUT2D eigenvalue weighted by atomic mass is 10.1. The summed E-state index contributed by atoms with van der Waals surface area (Å²) in [6.45, 7) is 3.76. The average molecular weight is 339 g/mol. The minimum Gasteiger partial charge on any atom is -0.352 e. The molecule has 132 valence electrons. The Morgan fingerprint density at radius 3 is 2.92 bits per heavy atom. The second-order valence-corrected chi connectivity index (χ2v) is 7.35. The van der Waals surface area contributed by atoms with Gasteiger partial charge in [-0.15, -0.1) is 0 Å². The van der Waals surface area contributed by atoms with Crippen molar-refractivity contribution in [3.8, 4) is 0 Å². The third-order valence-electron chi connectivity index (χ3n) is 5.12. The SMILES string of the molecule is CN(Cc1cccnc1)C[C@@H]1CCN(c2nccn(C3CC3)c2=O)C1. The van der Waals surface area contributed by atoms with E-state index in [1.807, 2.05) is 23.0 Å². The Kier molecular flexibility index (Phi) is 4.53. The van der Waals surface area contributed by atoms with E-state index >= 15 is 0 Å². The molecular formula is C19H25N5O. The van der Waals surface area contributed by atoms with Gasteiger partial charge >= 0.3 is 0 Å². The Bertz CT molecular complexity index is 771. The molecule has 0 radical (unpaired) electrons. The lowest BCUT2D eigenvalue weighted by Gasteiger charge is -2.22. The summed E-state index contributed by atoms with van der Waals surface area (Å²) in [4.78, 5) is 25.7. The minimum absolute atomic E-state index is 0.0781. The highest BCUT2D eigenvalue weighted by molar-refractivity contribution is 5.37. The van der Waals surface area contributed by atoms with Gasteiger partial charge in [0, 0.05) is 57.0 Å². The molecule has 0 aromatic carbocycles. The van der Waals surface area contributed by atoms with Gasteiger partial charge in [0.1, 0.15) is 0 Å². The molecule has 1 saturated carbocycles. The van der Waals surface area contributed by atoms with Crippen LogP contribution in [-0.4, -0.2) is 46.1 Å². The molecule has 0 amide bonds. The van der Waals surface area contributed by atoms with E-state index in [0.29, 0.717) is 17.8 Å². The lowest BCUT2D eigenvalue weighted by Crippen LogP contribution is -2.33. The second-order valence-electron chi connectivity index (χ2n) is 7.35. The molecule has 3 heterocycles. The van der Waals surface area contributed by atoms with Crippen LogP contribution >= 0.6 is 0 Å². The molecule has 1 atom stereocenters. The maximum Gasteiger partial charge on any atom is 0.293 e. The molecule has 6 heteroatoms. The zero-order valence-corrected chi connectivity index (χ0v) is 14.7. The number of aromatic nitrogens is 3. The van der Waals surface area contributed by atoms with Crippen LogP contribution in [0.3, 0.4) is 0 Å². The van der Waals surface area contributed by atoms with E-state index in [9.17, 15) is 4.79 Å². The normalized spacial score (nSPS) is 20.4. The molecule has 1 aliphatic carbocycles. The molecule has 0 N–H and O–H groups in total. The molecule has 0 bridgehead atoms. The third-order valence-corrected chi connectivity index (χ3v) is 5.12. The predicted octanol–water partition coefficient (Wildman–Crippen LogP) is 1.93. The van der Waals surface area contributed by atoms with Gasteiger partial charge in [-0.1, -0.05) is 6.07 Å². The van der Waals surface area contributed by atoms with Crippen molar-refractivity contribution < 1.29 is 0 Å². The average Bonchev–Trinajstić information content (AvgIpc) is 3.35. The van der Waals surface area contributed by atoms with Crippen molar-refractivity contribution in [2.24, 2.45) is 5.92 Å². The first-order chi connectivity index (χ1) is 12.2. The van der Waals surface area contributed by atoms with Crippen molar-refractivity contribution in [3.63, 3.8) is 0 Å². The number of hydrogen-bond donors (Lipinski definition) is 0. The molecule has 1 saturated heterocycles. The van der Waals surface area contributed by atoms with Gasteiger partial charge in [-0.3, -0.25) is 9.78 Å². The van der Waals surface area contributed by atoms with Crippen molar-refractivity contribution in [1.82, 2.24) is 19.4 Å². The van der Waals surface area contributed by atoms with E-state index in [2.05, 4.69) is 32.9 Å². The van der Waals surface area contributed by atoms with Crippen LogP contribution in [0.15, 0.2) is 41.7 Å². The fourth-order valence-electron chi connectivity index (χ4n) is 3.75. The van der Waals surface area contributed by atoms with Crippen LogP contribution in [0, 0.1) is 5.92 Å².